The van der Waals surface area contributed by atoms with Crippen molar-refractivity contribution < 1.29 is 9.50 Å². The molecular weight excluding hydrogens is 331 g/mol. The summed E-state index contributed by atoms with van der Waals surface area (Å²) in [6.07, 6.45) is -0.471. The van der Waals surface area contributed by atoms with Crippen LogP contribution >= 0.6 is 15.9 Å². The summed E-state index contributed by atoms with van der Waals surface area (Å²) in [4.78, 5) is 0. The maximum Gasteiger partial charge on any atom is 0.129 e. The van der Waals surface area contributed by atoms with Gasteiger partial charge in [-0.05, 0) is 34.5 Å². The normalized spacial score (nSPS) is 12.5. The Labute approximate surface area is 131 Å². The van der Waals surface area contributed by atoms with Gasteiger partial charge in [-0.3, -0.25) is 0 Å². The Kier molecular flexibility index (Phi) is 4.04. The first-order chi connectivity index (χ1) is 10.1. The van der Waals surface area contributed by atoms with Crippen LogP contribution in [0.2, 0.25) is 0 Å². The average Bonchev–Trinajstić information content (AvgIpc) is 2.49. The number of hydrogen-bond donors (Lipinski definition) is 1. The molecule has 3 rings (SSSR count). The van der Waals surface area contributed by atoms with Crippen LogP contribution in [0.3, 0.4) is 0 Å². The molecule has 1 unspecified atom stereocenters. The summed E-state index contributed by atoms with van der Waals surface area (Å²) < 4.78 is 14.6. The van der Waals surface area contributed by atoms with Crippen molar-refractivity contribution in [3.05, 3.63) is 82.1 Å². The minimum Gasteiger partial charge on any atom is -0.388 e. The molecule has 3 aromatic rings. The molecule has 0 aliphatic rings. The second kappa shape index (κ2) is 5.96. The lowest BCUT2D eigenvalue weighted by molar-refractivity contribution is 0.173. The lowest BCUT2D eigenvalue weighted by Crippen LogP contribution is -2.04. The minimum atomic E-state index is -0.858. The molecule has 0 fully saturated rings. The number of aliphatic hydroxyl groups is 1. The summed E-state index contributed by atoms with van der Waals surface area (Å²) in [5.41, 5.74) is 1.30. The summed E-state index contributed by atoms with van der Waals surface area (Å²) >= 11 is 3.30. The van der Waals surface area contributed by atoms with Crippen LogP contribution in [0.4, 0.5) is 4.39 Å². The number of rotatable bonds is 3. The average molecular weight is 345 g/mol. The van der Waals surface area contributed by atoms with Gasteiger partial charge in [0.25, 0.3) is 0 Å². The molecule has 1 N–H and O–H groups in total. The van der Waals surface area contributed by atoms with Crippen LogP contribution < -0.4 is 0 Å². The minimum absolute atomic E-state index is 0.317. The van der Waals surface area contributed by atoms with E-state index < -0.39 is 6.10 Å². The van der Waals surface area contributed by atoms with Gasteiger partial charge < -0.3 is 5.11 Å². The lowest BCUT2D eigenvalue weighted by Gasteiger charge is -2.13. The van der Waals surface area contributed by atoms with E-state index in [1.807, 2.05) is 42.5 Å². The fourth-order valence-electron chi connectivity index (χ4n) is 2.47. The third kappa shape index (κ3) is 3.14. The number of halogens is 2. The molecule has 0 saturated carbocycles. The van der Waals surface area contributed by atoms with E-state index in [0.717, 1.165) is 20.8 Å². The molecule has 21 heavy (non-hydrogen) atoms. The highest BCUT2D eigenvalue weighted by molar-refractivity contribution is 9.10. The van der Waals surface area contributed by atoms with E-state index >= 15 is 0 Å². The van der Waals surface area contributed by atoms with Gasteiger partial charge in [0.05, 0.1) is 6.10 Å². The first-order valence-corrected chi connectivity index (χ1v) is 7.53. The van der Waals surface area contributed by atoms with Gasteiger partial charge in [-0.2, -0.15) is 0 Å². The number of aliphatic hydroxyl groups excluding tert-OH is 1. The molecule has 0 amide bonds. The fourth-order valence-corrected chi connectivity index (χ4v) is 2.85. The largest absolute Gasteiger partial charge is 0.388 e. The van der Waals surface area contributed by atoms with Crippen LogP contribution in [0.15, 0.2) is 65.1 Å². The van der Waals surface area contributed by atoms with Crippen molar-refractivity contribution in [2.45, 2.75) is 12.5 Å². The summed E-state index contributed by atoms with van der Waals surface area (Å²) in [6, 6.07) is 18.7. The van der Waals surface area contributed by atoms with E-state index in [0.29, 0.717) is 12.0 Å². The van der Waals surface area contributed by atoms with Gasteiger partial charge in [0.2, 0.25) is 0 Å². The van der Waals surface area contributed by atoms with Crippen molar-refractivity contribution in [1.82, 2.24) is 0 Å². The Morgan fingerprint density at radius 2 is 1.71 bits per heavy atom. The van der Waals surface area contributed by atoms with Crippen molar-refractivity contribution >= 4 is 26.7 Å². The maximum atomic E-state index is 13.8. The lowest BCUT2D eigenvalue weighted by atomic mass is 9.99. The summed E-state index contributed by atoms with van der Waals surface area (Å²) in [5.74, 6) is -0.383. The molecular formula is C18H14BrFO. The third-order valence-corrected chi connectivity index (χ3v) is 4.05. The third-order valence-electron chi connectivity index (χ3n) is 3.56. The zero-order valence-corrected chi connectivity index (χ0v) is 12.8. The SMILES string of the molecule is OC(Cc1ccc2ccccc2c1)c1cc(Br)ccc1F. The monoisotopic (exact) mass is 344 g/mol. The van der Waals surface area contributed by atoms with Crippen LogP contribution in [-0.4, -0.2) is 5.11 Å². The van der Waals surface area contributed by atoms with E-state index in [1.54, 1.807) is 12.1 Å². The zero-order valence-electron chi connectivity index (χ0n) is 11.3. The molecule has 3 heteroatoms. The van der Waals surface area contributed by atoms with E-state index in [4.69, 9.17) is 0 Å². The summed E-state index contributed by atoms with van der Waals surface area (Å²) in [7, 11) is 0. The Morgan fingerprint density at radius 3 is 2.52 bits per heavy atom. The highest BCUT2D eigenvalue weighted by Crippen LogP contribution is 2.26. The quantitative estimate of drug-likeness (QED) is 0.707. The van der Waals surface area contributed by atoms with Gasteiger partial charge in [0.15, 0.2) is 0 Å². The molecule has 0 spiro atoms. The molecule has 106 valence electrons. The highest BCUT2D eigenvalue weighted by atomic mass is 79.9. The predicted molar refractivity (Wildman–Crippen MR) is 86.7 cm³/mol. The van der Waals surface area contributed by atoms with Crippen molar-refractivity contribution in [2.24, 2.45) is 0 Å². The molecule has 0 saturated heterocycles. The number of benzene rings is 3. The molecule has 0 bridgehead atoms. The standard InChI is InChI=1S/C18H14BrFO/c19-15-7-8-17(20)16(11-15)18(21)10-12-5-6-13-3-1-2-4-14(13)9-12/h1-9,11,18,21H,10H2. The highest BCUT2D eigenvalue weighted by Gasteiger charge is 2.14. The molecule has 1 nitrogen and oxygen atoms in total. The van der Waals surface area contributed by atoms with Crippen LogP contribution in [0.1, 0.15) is 17.2 Å². The molecule has 0 heterocycles. The van der Waals surface area contributed by atoms with Gasteiger partial charge >= 0.3 is 0 Å². The van der Waals surface area contributed by atoms with Crippen LogP contribution in [0, 0.1) is 5.82 Å². The smallest absolute Gasteiger partial charge is 0.129 e. The van der Waals surface area contributed by atoms with E-state index in [-0.39, 0.29) is 5.82 Å². The predicted octanol–water partition coefficient (Wildman–Crippen LogP) is 5.02. The second-order valence-electron chi connectivity index (χ2n) is 5.07. The topological polar surface area (TPSA) is 20.2 Å². The van der Waals surface area contributed by atoms with Crippen LogP contribution in [0.25, 0.3) is 10.8 Å². The molecule has 0 aromatic heterocycles. The van der Waals surface area contributed by atoms with E-state index in [2.05, 4.69) is 15.9 Å². The maximum absolute atomic E-state index is 13.8. The first kappa shape index (κ1) is 14.2. The van der Waals surface area contributed by atoms with Gasteiger partial charge in [-0.25, -0.2) is 4.39 Å². The summed E-state index contributed by atoms with van der Waals surface area (Å²) in [6.45, 7) is 0. The second-order valence-corrected chi connectivity index (χ2v) is 5.98. The van der Waals surface area contributed by atoms with Gasteiger partial charge in [0, 0.05) is 16.5 Å². The van der Waals surface area contributed by atoms with Gasteiger partial charge in [-0.1, -0.05) is 58.4 Å². The Morgan fingerprint density at radius 1 is 0.952 bits per heavy atom. The molecule has 0 radical (unpaired) electrons. The number of hydrogen-bond acceptors (Lipinski definition) is 1. The Balaban J connectivity index is 1.88. The Hall–Kier alpha value is -1.71. The van der Waals surface area contributed by atoms with Gasteiger partial charge in [-0.15, -0.1) is 0 Å². The number of fused-ring (bicyclic) bond motifs is 1. The molecule has 1 atom stereocenters. The molecule has 3 aromatic carbocycles. The van der Waals surface area contributed by atoms with E-state index in [9.17, 15) is 9.50 Å². The zero-order chi connectivity index (χ0) is 14.8. The van der Waals surface area contributed by atoms with E-state index in [1.165, 1.54) is 6.07 Å². The fraction of sp³-hybridized carbons (Fsp3) is 0.111. The van der Waals surface area contributed by atoms with Crippen molar-refractivity contribution in [1.29, 1.82) is 0 Å². The molecule has 0 aliphatic carbocycles. The van der Waals surface area contributed by atoms with Crippen LogP contribution in [-0.2, 0) is 6.42 Å². The first-order valence-electron chi connectivity index (χ1n) is 6.74. The van der Waals surface area contributed by atoms with Crippen molar-refractivity contribution in [2.75, 3.05) is 0 Å². The molecule has 0 aliphatic heterocycles. The van der Waals surface area contributed by atoms with Crippen molar-refractivity contribution in [3.8, 4) is 0 Å². The van der Waals surface area contributed by atoms with Crippen LogP contribution in [0.5, 0.6) is 0 Å². The Bertz CT molecular complexity index is 785. The van der Waals surface area contributed by atoms with Gasteiger partial charge in [0.1, 0.15) is 5.82 Å². The summed E-state index contributed by atoms with van der Waals surface area (Å²) in [5, 5.41) is 12.6. The van der Waals surface area contributed by atoms with Crippen molar-refractivity contribution in [3.63, 3.8) is 0 Å².